The Morgan fingerprint density at radius 1 is 1.12 bits per heavy atom. The molecule has 1 amide bonds. The van der Waals surface area contributed by atoms with Crippen LogP contribution in [0.2, 0.25) is 0 Å². The number of hydrogen-bond acceptors (Lipinski definition) is 3. The fourth-order valence-electron chi connectivity index (χ4n) is 2.38. The van der Waals surface area contributed by atoms with Crippen molar-refractivity contribution in [1.82, 2.24) is 0 Å². The zero-order chi connectivity index (χ0) is 17.3. The van der Waals surface area contributed by atoms with Crippen molar-refractivity contribution in [1.29, 1.82) is 0 Å². The standard InChI is InChI=1S/C18H14Br2N2O2/c1-11-15(9-12-3-8-17(24-2)16(20)10-12)18(23)22(21-11)14-6-4-13(19)5-7-14/h3-10H,1-2H3/b15-9-. The Kier molecular flexibility index (Phi) is 4.87. The monoisotopic (exact) mass is 448 g/mol. The van der Waals surface area contributed by atoms with Crippen molar-refractivity contribution in [2.45, 2.75) is 6.92 Å². The van der Waals surface area contributed by atoms with Crippen LogP contribution in [0.3, 0.4) is 0 Å². The Balaban J connectivity index is 1.92. The summed E-state index contributed by atoms with van der Waals surface area (Å²) in [4.78, 5) is 12.7. The van der Waals surface area contributed by atoms with Crippen LogP contribution in [-0.2, 0) is 4.79 Å². The molecule has 0 atom stereocenters. The molecule has 1 aliphatic rings. The van der Waals surface area contributed by atoms with Crippen LogP contribution in [-0.4, -0.2) is 18.7 Å². The Bertz CT molecular complexity index is 858. The molecular weight excluding hydrogens is 436 g/mol. The second-order valence-electron chi connectivity index (χ2n) is 5.23. The second kappa shape index (κ2) is 6.91. The van der Waals surface area contributed by atoms with Gasteiger partial charge in [-0.2, -0.15) is 10.1 Å². The van der Waals surface area contributed by atoms with E-state index in [0.717, 1.165) is 25.9 Å². The van der Waals surface area contributed by atoms with E-state index in [9.17, 15) is 4.79 Å². The van der Waals surface area contributed by atoms with Gasteiger partial charge in [0.1, 0.15) is 5.75 Å². The third-order valence-electron chi connectivity index (χ3n) is 3.62. The molecule has 0 N–H and O–H groups in total. The minimum atomic E-state index is -0.137. The number of ether oxygens (including phenoxy) is 1. The first-order valence-corrected chi connectivity index (χ1v) is 8.79. The smallest absolute Gasteiger partial charge is 0.280 e. The number of hydrazone groups is 1. The fraction of sp³-hybridized carbons (Fsp3) is 0.111. The Hall–Kier alpha value is -1.92. The number of hydrogen-bond donors (Lipinski definition) is 0. The molecule has 0 fully saturated rings. The number of halogens is 2. The minimum Gasteiger partial charge on any atom is -0.496 e. The van der Waals surface area contributed by atoms with E-state index in [0.29, 0.717) is 11.3 Å². The molecule has 2 aromatic carbocycles. The molecule has 1 aliphatic heterocycles. The van der Waals surface area contributed by atoms with E-state index in [1.165, 1.54) is 5.01 Å². The number of benzene rings is 2. The summed E-state index contributed by atoms with van der Waals surface area (Å²) >= 11 is 6.85. The van der Waals surface area contributed by atoms with E-state index in [1.807, 2.05) is 55.5 Å². The molecule has 2 aromatic rings. The third kappa shape index (κ3) is 3.30. The maximum absolute atomic E-state index is 12.7. The molecule has 122 valence electrons. The summed E-state index contributed by atoms with van der Waals surface area (Å²) in [5, 5.41) is 5.81. The van der Waals surface area contributed by atoms with Gasteiger partial charge in [0.25, 0.3) is 5.91 Å². The fourth-order valence-corrected chi connectivity index (χ4v) is 3.20. The topological polar surface area (TPSA) is 41.9 Å². The molecule has 0 radical (unpaired) electrons. The molecule has 0 saturated heterocycles. The van der Waals surface area contributed by atoms with E-state index in [2.05, 4.69) is 37.0 Å². The number of anilines is 1. The summed E-state index contributed by atoms with van der Waals surface area (Å²) in [5.41, 5.74) is 2.91. The average molecular weight is 450 g/mol. The molecule has 1 heterocycles. The number of carbonyl (C=O) groups excluding carboxylic acids is 1. The highest BCUT2D eigenvalue weighted by Gasteiger charge is 2.28. The number of rotatable bonds is 3. The molecule has 6 heteroatoms. The number of methoxy groups -OCH3 is 1. The van der Waals surface area contributed by atoms with Gasteiger partial charge in [-0.15, -0.1) is 0 Å². The van der Waals surface area contributed by atoms with Crippen LogP contribution in [0.25, 0.3) is 6.08 Å². The number of carbonyl (C=O) groups is 1. The maximum Gasteiger partial charge on any atom is 0.280 e. The molecule has 3 rings (SSSR count). The average Bonchev–Trinajstić information content (AvgIpc) is 2.84. The van der Waals surface area contributed by atoms with Crippen LogP contribution in [0.15, 0.2) is 62.1 Å². The summed E-state index contributed by atoms with van der Waals surface area (Å²) in [5.74, 6) is 0.610. The predicted octanol–water partition coefficient (Wildman–Crippen LogP) is 5.03. The quantitative estimate of drug-likeness (QED) is 0.617. The highest BCUT2D eigenvalue weighted by molar-refractivity contribution is 9.10. The highest BCUT2D eigenvalue weighted by Crippen LogP contribution is 2.29. The first kappa shape index (κ1) is 16.9. The zero-order valence-electron chi connectivity index (χ0n) is 13.1. The Morgan fingerprint density at radius 2 is 1.83 bits per heavy atom. The van der Waals surface area contributed by atoms with Gasteiger partial charge in [-0.25, -0.2) is 0 Å². The Labute approximate surface area is 157 Å². The third-order valence-corrected chi connectivity index (χ3v) is 4.77. The van der Waals surface area contributed by atoms with Crippen LogP contribution in [0.4, 0.5) is 5.69 Å². The van der Waals surface area contributed by atoms with Gasteiger partial charge in [0.15, 0.2) is 0 Å². The summed E-state index contributed by atoms with van der Waals surface area (Å²) in [7, 11) is 1.62. The van der Waals surface area contributed by atoms with Crippen LogP contribution in [0, 0.1) is 0 Å². The van der Waals surface area contributed by atoms with Gasteiger partial charge >= 0.3 is 0 Å². The summed E-state index contributed by atoms with van der Waals surface area (Å²) in [6.45, 7) is 1.83. The lowest BCUT2D eigenvalue weighted by molar-refractivity contribution is -0.114. The van der Waals surface area contributed by atoms with E-state index >= 15 is 0 Å². The largest absolute Gasteiger partial charge is 0.496 e. The van der Waals surface area contributed by atoms with Crippen molar-refractivity contribution < 1.29 is 9.53 Å². The van der Waals surface area contributed by atoms with Crippen molar-refractivity contribution in [2.75, 3.05) is 12.1 Å². The summed E-state index contributed by atoms with van der Waals surface area (Å²) in [6.07, 6.45) is 1.84. The molecule has 0 aliphatic carbocycles. The van der Waals surface area contributed by atoms with Crippen LogP contribution in [0.1, 0.15) is 12.5 Å². The van der Waals surface area contributed by atoms with Crippen molar-refractivity contribution in [3.63, 3.8) is 0 Å². The van der Waals surface area contributed by atoms with Gasteiger partial charge in [0.2, 0.25) is 0 Å². The Morgan fingerprint density at radius 3 is 2.46 bits per heavy atom. The molecule has 0 unspecified atom stereocenters. The minimum absolute atomic E-state index is 0.137. The first-order valence-electron chi connectivity index (χ1n) is 7.20. The van der Waals surface area contributed by atoms with Gasteiger partial charge < -0.3 is 4.74 Å². The highest BCUT2D eigenvalue weighted by atomic mass is 79.9. The number of nitrogens with zero attached hydrogens (tertiary/aromatic N) is 2. The lowest BCUT2D eigenvalue weighted by Gasteiger charge is -2.11. The summed E-state index contributed by atoms with van der Waals surface area (Å²) < 4.78 is 7.02. The molecule has 0 saturated carbocycles. The van der Waals surface area contributed by atoms with E-state index in [1.54, 1.807) is 7.11 Å². The predicted molar refractivity (Wildman–Crippen MR) is 103 cm³/mol. The normalized spacial score (nSPS) is 15.8. The number of amides is 1. The van der Waals surface area contributed by atoms with E-state index < -0.39 is 0 Å². The second-order valence-corrected chi connectivity index (χ2v) is 7.00. The molecule has 0 spiro atoms. The lowest BCUT2D eigenvalue weighted by Crippen LogP contribution is -2.21. The van der Waals surface area contributed by atoms with Crippen LogP contribution >= 0.6 is 31.9 Å². The lowest BCUT2D eigenvalue weighted by atomic mass is 10.1. The van der Waals surface area contributed by atoms with Crippen molar-refractivity contribution in [3.05, 3.63) is 62.5 Å². The molecule has 0 bridgehead atoms. The van der Waals surface area contributed by atoms with Gasteiger partial charge in [-0.3, -0.25) is 4.79 Å². The molecular formula is C18H14Br2N2O2. The zero-order valence-corrected chi connectivity index (χ0v) is 16.3. The van der Waals surface area contributed by atoms with Gasteiger partial charge in [-0.1, -0.05) is 22.0 Å². The van der Waals surface area contributed by atoms with Gasteiger partial charge in [-0.05, 0) is 70.9 Å². The van der Waals surface area contributed by atoms with Crippen molar-refractivity contribution >= 4 is 55.2 Å². The SMILES string of the molecule is COc1ccc(/C=C2\C(=O)N(c3ccc(Br)cc3)N=C2C)cc1Br. The first-order chi connectivity index (χ1) is 11.5. The van der Waals surface area contributed by atoms with Gasteiger partial charge in [0.05, 0.1) is 28.6 Å². The summed E-state index contributed by atoms with van der Waals surface area (Å²) in [6, 6.07) is 13.1. The maximum atomic E-state index is 12.7. The van der Waals surface area contributed by atoms with Crippen molar-refractivity contribution in [2.24, 2.45) is 5.10 Å². The molecule has 0 aromatic heterocycles. The van der Waals surface area contributed by atoms with Crippen LogP contribution < -0.4 is 9.75 Å². The van der Waals surface area contributed by atoms with E-state index in [-0.39, 0.29) is 5.91 Å². The molecule has 24 heavy (non-hydrogen) atoms. The van der Waals surface area contributed by atoms with Crippen molar-refractivity contribution in [3.8, 4) is 5.75 Å². The molecule has 4 nitrogen and oxygen atoms in total. The van der Waals surface area contributed by atoms with Crippen LogP contribution in [0.5, 0.6) is 5.75 Å². The van der Waals surface area contributed by atoms with E-state index in [4.69, 9.17) is 4.74 Å². The van der Waals surface area contributed by atoms with Gasteiger partial charge in [0, 0.05) is 4.47 Å².